The van der Waals surface area contributed by atoms with E-state index in [1.807, 2.05) is 17.8 Å². The van der Waals surface area contributed by atoms with Crippen LogP contribution in [0, 0.1) is 5.92 Å². The van der Waals surface area contributed by atoms with Crippen LogP contribution in [0.2, 0.25) is 0 Å². The molecule has 1 aliphatic carbocycles. The summed E-state index contributed by atoms with van der Waals surface area (Å²) in [4.78, 5) is 61.6. The number of aromatic nitrogens is 7. The number of rotatable bonds is 10. The topological polar surface area (TPSA) is 160 Å². The number of halogens is 4. The van der Waals surface area contributed by atoms with Crippen molar-refractivity contribution in [2.75, 3.05) is 66.4 Å². The highest BCUT2D eigenvalue weighted by molar-refractivity contribution is 7.99. The molecule has 62 heavy (non-hydrogen) atoms. The van der Waals surface area contributed by atoms with E-state index in [1.165, 1.54) is 30.7 Å². The standard InChI is InChI=1S/C41H48F4N12O4S/c1-51(31-12-14-54(23-41(31,44)45)28-4-3-5-29-35(28)52(2)40(61)57(29)30-10-11-33(58)49-39(30)60)21-24-6-8-25(9-7-24)56-22-27(34(50-56)36(42)43)47-38(59)26-20-46-55-15-13-32(48-37(26)55)53-16-18-62-19-17-53/h3-5,13,15,20,22,24-25,30-31,36H,6-12,14,16-19,21,23H2,1-2H3,(H,47,59)(H,49,58,60)/t24-,25-,30?,31?. The molecular formula is C41H48F4N12O4S. The summed E-state index contributed by atoms with van der Waals surface area (Å²) in [7, 11) is 3.27. The van der Waals surface area contributed by atoms with Gasteiger partial charge in [-0.3, -0.25) is 38.4 Å². The van der Waals surface area contributed by atoms with Crippen molar-refractivity contribution < 1.29 is 31.9 Å². The van der Waals surface area contributed by atoms with Crippen LogP contribution < -0.4 is 26.1 Å². The number of alkyl halides is 4. The highest BCUT2D eigenvalue weighted by atomic mass is 32.2. The highest BCUT2D eigenvalue weighted by Crippen LogP contribution is 2.39. The van der Waals surface area contributed by atoms with Crippen molar-refractivity contribution >= 4 is 63.4 Å². The summed E-state index contributed by atoms with van der Waals surface area (Å²) in [5.74, 6) is -1.94. The first-order valence-electron chi connectivity index (χ1n) is 21.0. The van der Waals surface area contributed by atoms with Crippen molar-refractivity contribution in [1.82, 2.24) is 43.7 Å². The van der Waals surface area contributed by atoms with E-state index in [0.717, 1.165) is 30.4 Å². The first-order chi connectivity index (χ1) is 29.8. The number of piperidine rings is 2. The van der Waals surface area contributed by atoms with E-state index >= 15 is 8.78 Å². The van der Waals surface area contributed by atoms with Gasteiger partial charge in [-0.1, -0.05) is 6.07 Å². The number of carbonyl (C=O) groups excluding carboxylic acids is 3. The number of hydrogen-bond acceptors (Lipinski definition) is 11. The number of fused-ring (bicyclic) bond motifs is 2. The fourth-order valence-corrected chi connectivity index (χ4v) is 10.6. The maximum Gasteiger partial charge on any atom is 0.329 e. The van der Waals surface area contributed by atoms with Gasteiger partial charge in [-0.05, 0) is 69.7 Å². The third-order valence-electron chi connectivity index (χ3n) is 12.9. The van der Waals surface area contributed by atoms with Gasteiger partial charge >= 0.3 is 5.69 Å². The molecule has 4 aromatic heterocycles. The van der Waals surface area contributed by atoms with Gasteiger partial charge in [-0.2, -0.15) is 22.0 Å². The minimum absolute atomic E-state index is 0.0886. The van der Waals surface area contributed by atoms with Crippen LogP contribution in [0.25, 0.3) is 16.7 Å². The fourth-order valence-electron chi connectivity index (χ4n) is 9.73. The molecule has 2 atom stereocenters. The Kier molecular flexibility index (Phi) is 11.3. The summed E-state index contributed by atoms with van der Waals surface area (Å²) in [6, 6.07) is 4.79. The number of anilines is 3. The first kappa shape index (κ1) is 41.9. The zero-order valence-corrected chi connectivity index (χ0v) is 35.2. The SMILES string of the molecule is CN(C[C@H]1CC[C@H](n2cc(NC(=O)c3cnn4ccc(N5CCSCC5)nc34)c(C(F)F)n2)CC1)C1CCN(c2cccc3c2n(C)c(=O)n3C2CCC(=O)NC2=O)CC1(F)F. The Labute approximate surface area is 357 Å². The number of hydrogen-bond donors (Lipinski definition) is 2. The van der Waals surface area contributed by atoms with Crippen molar-refractivity contribution in [2.24, 2.45) is 13.0 Å². The molecule has 3 saturated heterocycles. The summed E-state index contributed by atoms with van der Waals surface area (Å²) in [6.07, 6.45) is 4.58. The maximum atomic E-state index is 16.2. The first-order valence-corrected chi connectivity index (χ1v) is 22.1. The Morgan fingerprint density at radius 1 is 1.03 bits per heavy atom. The van der Waals surface area contributed by atoms with Crippen LogP contribution >= 0.6 is 11.8 Å². The van der Waals surface area contributed by atoms with Crippen molar-refractivity contribution in [3.8, 4) is 0 Å². The number of imide groups is 1. The largest absolute Gasteiger partial charge is 0.364 e. The monoisotopic (exact) mass is 880 g/mol. The molecule has 0 radical (unpaired) electrons. The molecular weight excluding hydrogens is 833 g/mol. The number of thioether (sulfide) groups is 1. The molecule has 2 unspecified atom stereocenters. The number of benzene rings is 1. The zero-order chi connectivity index (χ0) is 43.4. The molecule has 9 rings (SSSR count). The van der Waals surface area contributed by atoms with E-state index in [1.54, 1.807) is 48.3 Å². The van der Waals surface area contributed by atoms with Gasteiger partial charge in [-0.25, -0.2) is 31.9 Å². The summed E-state index contributed by atoms with van der Waals surface area (Å²) in [5, 5.41) is 13.4. The predicted molar refractivity (Wildman–Crippen MR) is 225 cm³/mol. The Bertz CT molecular complexity index is 2580. The number of para-hydroxylation sites is 1. The van der Waals surface area contributed by atoms with E-state index in [4.69, 9.17) is 0 Å². The number of nitrogens with one attached hydrogen (secondary N) is 2. The molecule has 330 valence electrons. The molecule has 3 amide bonds. The average Bonchev–Trinajstić information content (AvgIpc) is 3.95. The van der Waals surface area contributed by atoms with Gasteiger partial charge in [0.1, 0.15) is 17.4 Å². The number of imidazole rings is 1. The van der Waals surface area contributed by atoms with E-state index in [0.29, 0.717) is 61.1 Å². The van der Waals surface area contributed by atoms with E-state index in [-0.39, 0.29) is 42.5 Å². The zero-order valence-electron chi connectivity index (χ0n) is 34.4. The molecule has 16 nitrogen and oxygen atoms in total. The maximum absolute atomic E-state index is 16.2. The second-order valence-corrected chi connectivity index (χ2v) is 18.0. The number of aryl methyl sites for hydroxylation is 1. The lowest BCUT2D eigenvalue weighted by atomic mass is 9.85. The minimum atomic E-state index is -3.10. The summed E-state index contributed by atoms with van der Waals surface area (Å²) < 4.78 is 66.6. The molecule has 4 aliphatic rings. The Hall–Kier alpha value is -5.44. The van der Waals surface area contributed by atoms with Crippen molar-refractivity contribution in [3.63, 3.8) is 0 Å². The van der Waals surface area contributed by atoms with Gasteiger partial charge in [0.25, 0.3) is 18.3 Å². The molecule has 5 aromatic rings. The van der Waals surface area contributed by atoms with E-state index < -0.39 is 60.1 Å². The van der Waals surface area contributed by atoms with Gasteiger partial charge in [0.05, 0.1) is 47.2 Å². The predicted octanol–water partition coefficient (Wildman–Crippen LogP) is 4.88. The summed E-state index contributed by atoms with van der Waals surface area (Å²) in [6.45, 7) is 1.83. The second kappa shape index (κ2) is 16.7. The fraction of sp³-hybridized carbons (Fsp3) is 0.537. The molecule has 0 bridgehead atoms. The lowest BCUT2D eigenvalue weighted by molar-refractivity contribution is -0.135. The molecule has 1 aromatic carbocycles. The molecule has 1 saturated carbocycles. The van der Waals surface area contributed by atoms with Crippen LogP contribution in [0.1, 0.15) is 79.5 Å². The summed E-state index contributed by atoms with van der Waals surface area (Å²) in [5.41, 5.74) is 0.733. The van der Waals surface area contributed by atoms with Crippen molar-refractivity contribution in [1.29, 1.82) is 0 Å². The van der Waals surface area contributed by atoms with Crippen LogP contribution in [0.4, 0.5) is 34.8 Å². The van der Waals surface area contributed by atoms with Crippen LogP contribution in [0.15, 0.2) is 47.7 Å². The van der Waals surface area contributed by atoms with Gasteiger partial charge < -0.3 is 15.1 Å². The minimum Gasteiger partial charge on any atom is -0.364 e. The van der Waals surface area contributed by atoms with Gasteiger partial charge in [0.2, 0.25) is 11.8 Å². The van der Waals surface area contributed by atoms with Crippen LogP contribution in [-0.4, -0.2) is 119 Å². The molecule has 7 heterocycles. The van der Waals surface area contributed by atoms with Gasteiger partial charge in [0, 0.05) is 63.5 Å². The number of amides is 3. The molecule has 3 aliphatic heterocycles. The molecule has 4 fully saturated rings. The highest BCUT2D eigenvalue weighted by Gasteiger charge is 2.47. The summed E-state index contributed by atoms with van der Waals surface area (Å²) >= 11 is 1.87. The normalized spacial score (nSPS) is 23.5. The van der Waals surface area contributed by atoms with Crippen molar-refractivity contribution in [3.05, 3.63) is 64.6 Å². The van der Waals surface area contributed by atoms with Crippen LogP contribution in [0.5, 0.6) is 0 Å². The molecule has 0 spiro atoms. The molecule has 21 heteroatoms. The Morgan fingerprint density at radius 2 is 1.81 bits per heavy atom. The molecule has 2 N–H and O–H groups in total. The third kappa shape index (κ3) is 7.81. The average molecular weight is 881 g/mol. The van der Waals surface area contributed by atoms with Gasteiger partial charge in [-0.15, -0.1) is 0 Å². The number of carbonyl (C=O) groups is 3. The van der Waals surface area contributed by atoms with Crippen LogP contribution in [-0.2, 0) is 16.6 Å². The lowest BCUT2D eigenvalue weighted by Gasteiger charge is -2.44. The van der Waals surface area contributed by atoms with Gasteiger partial charge in [0.15, 0.2) is 11.3 Å². The van der Waals surface area contributed by atoms with E-state index in [2.05, 4.69) is 30.7 Å². The number of nitrogens with zero attached hydrogens (tertiary/aromatic N) is 10. The van der Waals surface area contributed by atoms with Crippen molar-refractivity contribution in [2.45, 2.75) is 75.4 Å². The smallest absolute Gasteiger partial charge is 0.329 e. The lowest BCUT2D eigenvalue weighted by Crippen LogP contribution is -2.58. The van der Waals surface area contributed by atoms with E-state index in [9.17, 15) is 28.0 Å². The second-order valence-electron chi connectivity index (χ2n) is 16.8. The third-order valence-corrected chi connectivity index (χ3v) is 13.9. The van der Waals surface area contributed by atoms with Crippen LogP contribution in [0.3, 0.4) is 0 Å². The quantitative estimate of drug-likeness (QED) is 0.146. The Balaban J connectivity index is 0.828. The Morgan fingerprint density at radius 3 is 2.53 bits per heavy atom.